The Labute approximate surface area is 85.5 Å². The number of carbonyl (C=O) groups is 1. The SMILES string of the molecule is CC(=O)O.Oc1ccc(Cl)cc1Cl. The minimum absolute atomic E-state index is 0.0565. The lowest BCUT2D eigenvalue weighted by molar-refractivity contribution is -0.134. The molecule has 0 radical (unpaired) electrons. The van der Waals surface area contributed by atoms with Crippen molar-refractivity contribution < 1.29 is 15.0 Å². The summed E-state index contributed by atoms with van der Waals surface area (Å²) < 4.78 is 0. The van der Waals surface area contributed by atoms with Crippen LogP contribution in [0.3, 0.4) is 0 Å². The third kappa shape index (κ3) is 6.25. The summed E-state index contributed by atoms with van der Waals surface area (Å²) in [5.74, 6) is -0.777. The monoisotopic (exact) mass is 222 g/mol. The predicted octanol–water partition coefficient (Wildman–Crippen LogP) is 2.79. The van der Waals surface area contributed by atoms with Gasteiger partial charge in [0.2, 0.25) is 0 Å². The van der Waals surface area contributed by atoms with Gasteiger partial charge >= 0.3 is 0 Å². The molecule has 0 spiro atoms. The maximum absolute atomic E-state index is 9.00. The minimum atomic E-state index is -0.833. The molecule has 0 aliphatic rings. The number of rotatable bonds is 0. The topological polar surface area (TPSA) is 57.5 Å². The van der Waals surface area contributed by atoms with Crippen molar-refractivity contribution in [1.82, 2.24) is 0 Å². The number of phenols is 1. The molecule has 0 aliphatic carbocycles. The Morgan fingerprint density at radius 2 is 1.85 bits per heavy atom. The molecule has 1 aromatic carbocycles. The first-order chi connectivity index (χ1) is 5.93. The van der Waals surface area contributed by atoms with E-state index in [1.165, 1.54) is 12.1 Å². The quantitative estimate of drug-likeness (QED) is 0.710. The normalized spacial score (nSPS) is 8.54. The van der Waals surface area contributed by atoms with Crippen molar-refractivity contribution in [1.29, 1.82) is 0 Å². The molecular weight excluding hydrogens is 215 g/mol. The van der Waals surface area contributed by atoms with Crippen molar-refractivity contribution in [2.75, 3.05) is 0 Å². The van der Waals surface area contributed by atoms with Crippen LogP contribution in [-0.4, -0.2) is 16.2 Å². The van der Waals surface area contributed by atoms with Crippen LogP contribution in [0.5, 0.6) is 5.75 Å². The van der Waals surface area contributed by atoms with Gasteiger partial charge in [-0.3, -0.25) is 4.79 Å². The molecule has 0 bridgehead atoms. The van der Waals surface area contributed by atoms with Crippen molar-refractivity contribution in [2.45, 2.75) is 6.92 Å². The molecule has 0 aromatic heterocycles. The van der Waals surface area contributed by atoms with Crippen molar-refractivity contribution in [3.63, 3.8) is 0 Å². The second-order valence-electron chi connectivity index (χ2n) is 2.11. The van der Waals surface area contributed by atoms with Crippen LogP contribution < -0.4 is 0 Å². The van der Waals surface area contributed by atoms with Gasteiger partial charge in [0.05, 0.1) is 5.02 Å². The highest BCUT2D eigenvalue weighted by Gasteiger charge is 1.95. The van der Waals surface area contributed by atoms with Gasteiger partial charge in [0.15, 0.2) is 0 Å². The van der Waals surface area contributed by atoms with Gasteiger partial charge in [0, 0.05) is 11.9 Å². The summed E-state index contributed by atoms with van der Waals surface area (Å²) in [6.45, 7) is 1.08. The Kier molecular flexibility index (Phi) is 5.26. The van der Waals surface area contributed by atoms with E-state index < -0.39 is 5.97 Å². The van der Waals surface area contributed by atoms with E-state index >= 15 is 0 Å². The molecule has 5 heteroatoms. The second kappa shape index (κ2) is 5.67. The van der Waals surface area contributed by atoms with E-state index in [-0.39, 0.29) is 10.8 Å². The lowest BCUT2D eigenvalue weighted by atomic mass is 10.3. The number of aliphatic carboxylic acids is 1. The third-order valence-electron chi connectivity index (χ3n) is 0.910. The van der Waals surface area contributed by atoms with Crippen LogP contribution in [-0.2, 0) is 4.79 Å². The van der Waals surface area contributed by atoms with Gasteiger partial charge in [-0.2, -0.15) is 0 Å². The Hall–Kier alpha value is -0.930. The van der Waals surface area contributed by atoms with Crippen molar-refractivity contribution in [3.8, 4) is 5.75 Å². The lowest BCUT2D eigenvalue weighted by Gasteiger charge is -1.93. The molecule has 0 saturated heterocycles. The van der Waals surface area contributed by atoms with Crippen LogP contribution in [0.1, 0.15) is 6.92 Å². The summed E-state index contributed by atoms with van der Waals surface area (Å²) in [7, 11) is 0. The largest absolute Gasteiger partial charge is 0.506 e. The Balaban J connectivity index is 0.000000310. The molecule has 3 nitrogen and oxygen atoms in total. The highest BCUT2D eigenvalue weighted by Crippen LogP contribution is 2.25. The van der Waals surface area contributed by atoms with Gasteiger partial charge in [-0.05, 0) is 18.2 Å². The number of hydrogen-bond donors (Lipinski definition) is 2. The number of carboxylic acid groups (broad SMARTS) is 1. The van der Waals surface area contributed by atoms with E-state index in [9.17, 15) is 0 Å². The first kappa shape index (κ1) is 12.1. The number of carboxylic acids is 1. The van der Waals surface area contributed by atoms with Gasteiger partial charge in [0.1, 0.15) is 5.75 Å². The number of hydrogen-bond acceptors (Lipinski definition) is 2. The standard InChI is InChI=1S/C6H4Cl2O.C2H4O2/c7-4-1-2-6(9)5(8)3-4;1-2(3)4/h1-3,9H;1H3,(H,3,4). The van der Waals surface area contributed by atoms with E-state index in [4.69, 9.17) is 38.2 Å². The fourth-order valence-electron chi connectivity index (χ4n) is 0.481. The Morgan fingerprint density at radius 1 is 1.38 bits per heavy atom. The van der Waals surface area contributed by atoms with Gasteiger partial charge in [-0.25, -0.2) is 0 Å². The van der Waals surface area contributed by atoms with E-state index in [1.807, 2.05) is 0 Å². The Morgan fingerprint density at radius 3 is 2.15 bits per heavy atom. The second-order valence-corrected chi connectivity index (χ2v) is 2.96. The fourth-order valence-corrected chi connectivity index (χ4v) is 0.890. The molecule has 0 unspecified atom stereocenters. The van der Waals surface area contributed by atoms with E-state index in [1.54, 1.807) is 6.07 Å². The van der Waals surface area contributed by atoms with Crippen LogP contribution in [0.25, 0.3) is 0 Å². The first-order valence-corrected chi connectivity index (χ1v) is 4.02. The van der Waals surface area contributed by atoms with Crippen molar-refractivity contribution in [3.05, 3.63) is 28.2 Å². The zero-order valence-corrected chi connectivity index (χ0v) is 8.30. The zero-order valence-electron chi connectivity index (χ0n) is 6.79. The summed E-state index contributed by atoms with van der Waals surface area (Å²) >= 11 is 11.0. The van der Waals surface area contributed by atoms with Crippen molar-refractivity contribution in [2.24, 2.45) is 0 Å². The molecule has 1 aromatic rings. The summed E-state index contributed by atoms with van der Waals surface area (Å²) in [4.78, 5) is 9.00. The molecule has 0 saturated carbocycles. The molecule has 0 atom stereocenters. The predicted molar refractivity (Wildman–Crippen MR) is 51.4 cm³/mol. The average Bonchev–Trinajstić information content (AvgIpc) is 1.96. The summed E-state index contributed by atoms with van der Waals surface area (Å²) in [6.07, 6.45) is 0. The minimum Gasteiger partial charge on any atom is -0.506 e. The maximum Gasteiger partial charge on any atom is 0.300 e. The molecule has 1 rings (SSSR count). The van der Waals surface area contributed by atoms with Gasteiger partial charge in [-0.1, -0.05) is 23.2 Å². The third-order valence-corrected chi connectivity index (χ3v) is 1.45. The molecular formula is C8H8Cl2O3. The fraction of sp³-hybridized carbons (Fsp3) is 0.125. The van der Waals surface area contributed by atoms with Crippen LogP contribution in [0.4, 0.5) is 0 Å². The van der Waals surface area contributed by atoms with Crippen molar-refractivity contribution >= 4 is 29.2 Å². The maximum atomic E-state index is 9.00. The summed E-state index contributed by atoms with van der Waals surface area (Å²) in [5.41, 5.74) is 0. The number of phenolic OH excluding ortho intramolecular Hbond substituents is 1. The molecule has 0 fully saturated rings. The summed E-state index contributed by atoms with van der Waals surface area (Å²) in [5, 5.41) is 17.1. The van der Waals surface area contributed by atoms with Gasteiger partial charge in [-0.15, -0.1) is 0 Å². The molecule has 0 amide bonds. The molecule has 0 aliphatic heterocycles. The Bertz CT molecular complexity index is 295. The van der Waals surface area contributed by atoms with E-state index in [0.29, 0.717) is 5.02 Å². The van der Waals surface area contributed by atoms with Crippen LogP contribution in [0.15, 0.2) is 18.2 Å². The van der Waals surface area contributed by atoms with Crippen LogP contribution in [0, 0.1) is 0 Å². The highest BCUT2D eigenvalue weighted by molar-refractivity contribution is 6.35. The lowest BCUT2D eigenvalue weighted by Crippen LogP contribution is -1.78. The smallest absolute Gasteiger partial charge is 0.300 e. The molecule has 2 N–H and O–H groups in total. The van der Waals surface area contributed by atoms with Crippen LogP contribution >= 0.6 is 23.2 Å². The van der Waals surface area contributed by atoms with Gasteiger partial charge in [0.25, 0.3) is 5.97 Å². The van der Waals surface area contributed by atoms with E-state index in [2.05, 4.69) is 0 Å². The van der Waals surface area contributed by atoms with Crippen LogP contribution in [0.2, 0.25) is 10.0 Å². The van der Waals surface area contributed by atoms with Gasteiger partial charge < -0.3 is 10.2 Å². The summed E-state index contributed by atoms with van der Waals surface area (Å²) in [6, 6.07) is 4.51. The zero-order chi connectivity index (χ0) is 10.4. The molecule has 0 heterocycles. The molecule has 72 valence electrons. The number of halogens is 2. The highest BCUT2D eigenvalue weighted by atomic mass is 35.5. The number of aromatic hydroxyl groups is 1. The van der Waals surface area contributed by atoms with E-state index in [0.717, 1.165) is 6.92 Å². The number of benzene rings is 1. The molecule has 13 heavy (non-hydrogen) atoms. The average molecular weight is 223 g/mol. The first-order valence-electron chi connectivity index (χ1n) is 3.27.